The molecule has 0 aromatic heterocycles. The van der Waals surface area contributed by atoms with Crippen LogP contribution in [-0.4, -0.2) is 42.5 Å². The molecule has 1 saturated heterocycles. The molecule has 2 rings (SSSR count). The van der Waals surface area contributed by atoms with Crippen LogP contribution in [0.15, 0.2) is 0 Å². The van der Waals surface area contributed by atoms with Crippen LogP contribution in [-0.2, 0) is 4.79 Å². The second-order valence-corrected chi connectivity index (χ2v) is 4.30. The van der Waals surface area contributed by atoms with Crippen molar-refractivity contribution in [1.82, 2.24) is 10.2 Å². The van der Waals surface area contributed by atoms with E-state index in [-0.39, 0.29) is 11.9 Å². The second-order valence-electron chi connectivity index (χ2n) is 4.30. The fourth-order valence-electron chi connectivity index (χ4n) is 2.66. The monoisotopic (exact) mass is 197 g/mol. The number of piperazine rings is 1. The molecule has 80 valence electrons. The Bertz CT molecular complexity index is 213. The van der Waals surface area contributed by atoms with E-state index in [2.05, 4.69) is 10.2 Å². The van der Waals surface area contributed by atoms with Gasteiger partial charge in [-0.15, -0.1) is 0 Å². The SMILES string of the molecule is NC(=O)C1CNCCN1C1CCCC1. The van der Waals surface area contributed by atoms with E-state index in [1.165, 1.54) is 25.7 Å². The first kappa shape index (κ1) is 9.93. The van der Waals surface area contributed by atoms with E-state index >= 15 is 0 Å². The second kappa shape index (κ2) is 4.28. The molecule has 0 aromatic carbocycles. The van der Waals surface area contributed by atoms with E-state index in [9.17, 15) is 4.79 Å². The minimum absolute atomic E-state index is 0.0770. The predicted octanol–water partition coefficient (Wildman–Crippen LogP) is -0.312. The first-order valence-corrected chi connectivity index (χ1v) is 5.55. The Morgan fingerprint density at radius 2 is 2.07 bits per heavy atom. The van der Waals surface area contributed by atoms with E-state index < -0.39 is 0 Å². The van der Waals surface area contributed by atoms with E-state index in [4.69, 9.17) is 5.73 Å². The highest BCUT2D eigenvalue weighted by atomic mass is 16.1. The van der Waals surface area contributed by atoms with Crippen molar-refractivity contribution in [2.45, 2.75) is 37.8 Å². The van der Waals surface area contributed by atoms with Gasteiger partial charge in [-0.1, -0.05) is 12.8 Å². The van der Waals surface area contributed by atoms with Crippen molar-refractivity contribution in [3.8, 4) is 0 Å². The number of nitrogens with two attached hydrogens (primary N) is 1. The van der Waals surface area contributed by atoms with Gasteiger partial charge < -0.3 is 11.1 Å². The molecule has 1 unspecified atom stereocenters. The van der Waals surface area contributed by atoms with E-state index in [1.54, 1.807) is 0 Å². The van der Waals surface area contributed by atoms with Crippen molar-refractivity contribution in [1.29, 1.82) is 0 Å². The zero-order chi connectivity index (χ0) is 9.97. The molecule has 1 aliphatic heterocycles. The summed E-state index contributed by atoms with van der Waals surface area (Å²) in [5, 5.41) is 3.23. The summed E-state index contributed by atoms with van der Waals surface area (Å²) >= 11 is 0. The predicted molar refractivity (Wildman–Crippen MR) is 54.8 cm³/mol. The standard InChI is InChI=1S/C10H19N3O/c11-10(14)9-7-12-5-6-13(9)8-3-1-2-4-8/h8-9,12H,1-7H2,(H2,11,14). The molecule has 1 saturated carbocycles. The lowest BCUT2D eigenvalue weighted by atomic mass is 10.1. The lowest BCUT2D eigenvalue weighted by Gasteiger charge is -2.38. The summed E-state index contributed by atoms with van der Waals surface area (Å²) in [4.78, 5) is 13.6. The normalized spacial score (nSPS) is 30.7. The number of nitrogens with one attached hydrogen (secondary N) is 1. The van der Waals surface area contributed by atoms with Crippen LogP contribution in [0.3, 0.4) is 0 Å². The van der Waals surface area contributed by atoms with Crippen LogP contribution < -0.4 is 11.1 Å². The minimum Gasteiger partial charge on any atom is -0.368 e. The number of hydrogen-bond acceptors (Lipinski definition) is 3. The molecule has 4 heteroatoms. The van der Waals surface area contributed by atoms with Crippen molar-refractivity contribution in [2.24, 2.45) is 5.73 Å². The molecule has 0 bridgehead atoms. The van der Waals surface area contributed by atoms with Crippen LogP contribution in [0.5, 0.6) is 0 Å². The van der Waals surface area contributed by atoms with Crippen LogP contribution in [0, 0.1) is 0 Å². The summed E-state index contributed by atoms with van der Waals surface area (Å²) < 4.78 is 0. The van der Waals surface area contributed by atoms with Gasteiger partial charge in [0.05, 0.1) is 0 Å². The number of amides is 1. The maximum atomic E-state index is 11.3. The van der Waals surface area contributed by atoms with Crippen molar-refractivity contribution >= 4 is 5.91 Å². The molecule has 0 radical (unpaired) electrons. The van der Waals surface area contributed by atoms with Crippen LogP contribution in [0.25, 0.3) is 0 Å². The van der Waals surface area contributed by atoms with Crippen molar-refractivity contribution in [2.75, 3.05) is 19.6 Å². The highest BCUT2D eigenvalue weighted by molar-refractivity contribution is 5.80. The van der Waals surface area contributed by atoms with E-state index in [0.717, 1.165) is 19.6 Å². The summed E-state index contributed by atoms with van der Waals surface area (Å²) in [6.07, 6.45) is 5.09. The van der Waals surface area contributed by atoms with Gasteiger partial charge in [0.15, 0.2) is 0 Å². The van der Waals surface area contributed by atoms with Gasteiger partial charge >= 0.3 is 0 Å². The number of carbonyl (C=O) groups is 1. The molecule has 0 spiro atoms. The topological polar surface area (TPSA) is 58.4 Å². The molecule has 1 amide bonds. The number of nitrogens with zero attached hydrogens (tertiary/aromatic N) is 1. The Kier molecular flexibility index (Phi) is 3.03. The minimum atomic E-state index is -0.177. The van der Waals surface area contributed by atoms with Crippen LogP contribution in [0.4, 0.5) is 0 Å². The fourth-order valence-corrected chi connectivity index (χ4v) is 2.66. The zero-order valence-corrected chi connectivity index (χ0v) is 8.54. The summed E-state index contributed by atoms with van der Waals surface area (Å²) in [6, 6.07) is 0.529. The van der Waals surface area contributed by atoms with Gasteiger partial charge in [0.1, 0.15) is 6.04 Å². The average Bonchev–Trinajstić information content (AvgIpc) is 2.70. The molecule has 0 aromatic rings. The van der Waals surface area contributed by atoms with Crippen LogP contribution in [0.2, 0.25) is 0 Å². The first-order chi connectivity index (χ1) is 6.79. The molecule has 2 aliphatic rings. The summed E-state index contributed by atoms with van der Waals surface area (Å²) in [6.45, 7) is 2.68. The molecule has 1 atom stereocenters. The highest BCUT2D eigenvalue weighted by Crippen LogP contribution is 2.25. The van der Waals surface area contributed by atoms with Gasteiger partial charge in [-0.3, -0.25) is 9.69 Å². The molecular weight excluding hydrogens is 178 g/mol. The van der Waals surface area contributed by atoms with Gasteiger partial charge in [0.2, 0.25) is 5.91 Å². The van der Waals surface area contributed by atoms with Gasteiger partial charge in [-0.2, -0.15) is 0 Å². The van der Waals surface area contributed by atoms with Crippen molar-refractivity contribution < 1.29 is 4.79 Å². The fraction of sp³-hybridized carbons (Fsp3) is 0.900. The summed E-state index contributed by atoms with van der Waals surface area (Å²) in [5.41, 5.74) is 5.40. The van der Waals surface area contributed by atoms with E-state index in [1.807, 2.05) is 0 Å². The molecule has 4 nitrogen and oxygen atoms in total. The Labute approximate surface area is 84.8 Å². The largest absolute Gasteiger partial charge is 0.368 e. The highest BCUT2D eigenvalue weighted by Gasteiger charge is 2.33. The van der Waals surface area contributed by atoms with Gasteiger partial charge in [-0.25, -0.2) is 0 Å². The Morgan fingerprint density at radius 1 is 1.36 bits per heavy atom. The van der Waals surface area contributed by atoms with Gasteiger partial charge in [0.25, 0.3) is 0 Å². The number of hydrogen-bond donors (Lipinski definition) is 2. The Balaban J connectivity index is 2.01. The van der Waals surface area contributed by atoms with Gasteiger partial charge in [-0.05, 0) is 12.8 Å². The zero-order valence-electron chi connectivity index (χ0n) is 8.54. The maximum absolute atomic E-state index is 11.3. The van der Waals surface area contributed by atoms with Gasteiger partial charge in [0, 0.05) is 25.7 Å². The molecule has 2 fully saturated rings. The molecule has 3 N–H and O–H groups in total. The molecule has 1 heterocycles. The molecule has 1 aliphatic carbocycles. The lowest BCUT2D eigenvalue weighted by Crippen LogP contribution is -2.59. The number of rotatable bonds is 2. The summed E-state index contributed by atoms with van der Waals surface area (Å²) in [7, 11) is 0. The lowest BCUT2D eigenvalue weighted by molar-refractivity contribution is -0.124. The number of carbonyl (C=O) groups excluding carboxylic acids is 1. The third kappa shape index (κ3) is 1.91. The molecular formula is C10H19N3O. The third-order valence-corrected chi connectivity index (χ3v) is 3.41. The Morgan fingerprint density at radius 3 is 2.71 bits per heavy atom. The molecule has 14 heavy (non-hydrogen) atoms. The maximum Gasteiger partial charge on any atom is 0.236 e. The van der Waals surface area contributed by atoms with Crippen molar-refractivity contribution in [3.05, 3.63) is 0 Å². The van der Waals surface area contributed by atoms with Crippen molar-refractivity contribution in [3.63, 3.8) is 0 Å². The first-order valence-electron chi connectivity index (χ1n) is 5.55. The van der Waals surface area contributed by atoms with Crippen LogP contribution in [0.1, 0.15) is 25.7 Å². The smallest absolute Gasteiger partial charge is 0.236 e. The Hall–Kier alpha value is -0.610. The van der Waals surface area contributed by atoms with E-state index in [0.29, 0.717) is 6.04 Å². The average molecular weight is 197 g/mol. The summed E-state index contributed by atoms with van der Waals surface area (Å²) in [5.74, 6) is -0.177. The number of primary amides is 1. The quantitative estimate of drug-likeness (QED) is 0.638. The third-order valence-electron chi connectivity index (χ3n) is 3.41. The van der Waals surface area contributed by atoms with Crippen LogP contribution >= 0.6 is 0 Å².